The molecular weight excluding hydrogens is 431 g/mol. The Morgan fingerprint density at radius 1 is 1.36 bits per heavy atom. The minimum absolute atomic E-state index is 0. The molecular formula is C18H31IN4O2. The summed E-state index contributed by atoms with van der Waals surface area (Å²) in [5.74, 6) is 1.47. The molecule has 2 heterocycles. The Labute approximate surface area is 168 Å². The summed E-state index contributed by atoms with van der Waals surface area (Å²) in [5.41, 5.74) is 0.968. The molecule has 1 aromatic heterocycles. The second kappa shape index (κ2) is 11.5. The van der Waals surface area contributed by atoms with Crippen molar-refractivity contribution >= 4 is 29.9 Å². The van der Waals surface area contributed by atoms with Gasteiger partial charge in [-0.15, -0.1) is 24.0 Å². The smallest absolute Gasteiger partial charge is 0.213 e. The molecule has 2 rings (SSSR count). The fraction of sp³-hybridized carbons (Fsp3) is 0.667. The lowest BCUT2D eigenvalue weighted by molar-refractivity contribution is 0.0243. The Morgan fingerprint density at radius 2 is 2.20 bits per heavy atom. The van der Waals surface area contributed by atoms with Crippen LogP contribution >= 0.6 is 24.0 Å². The van der Waals surface area contributed by atoms with Gasteiger partial charge in [-0.05, 0) is 38.7 Å². The van der Waals surface area contributed by atoms with Crippen LogP contribution in [0.5, 0.6) is 5.88 Å². The van der Waals surface area contributed by atoms with Gasteiger partial charge in [0.2, 0.25) is 5.88 Å². The monoisotopic (exact) mass is 462 g/mol. The van der Waals surface area contributed by atoms with Crippen LogP contribution in [0.2, 0.25) is 0 Å². The van der Waals surface area contributed by atoms with Gasteiger partial charge < -0.3 is 20.1 Å². The maximum Gasteiger partial charge on any atom is 0.213 e. The number of nitrogens with zero attached hydrogens (tertiary/aromatic N) is 2. The summed E-state index contributed by atoms with van der Waals surface area (Å²) >= 11 is 0. The molecule has 1 aliphatic heterocycles. The van der Waals surface area contributed by atoms with Crippen molar-refractivity contribution < 1.29 is 9.47 Å². The van der Waals surface area contributed by atoms with Crippen LogP contribution in [0, 0.1) is 0 Å². The fourth-order valence-corrected chi connectivity index (χ4v) is 2.56. The van der Waals surface area contributed by atoms with Crippen LogP contribution in [0.15, 0.2) is 23.3 Å². The first-order valence-corrected chi connectivity index (χ1v) is 8.89. The van der Waals surface area contributed by atoms with Gasteiger partial charge in [-0.25, -0.2) is 9.98 Å². The Kier molecular flexibility index (Phi) is 10.1. The van der Waals surface area contributed by atoms with Crippen molar-refractivity contribution in [2.24, 2.45) is 4.99 Å². The van der Waals surface area contributed by atoms with E-state index in [1.165, 1.54) is 0 Å². The summed E-state index contributed by atoms with van der Waals surface area (Å²) in [7, 11) is 0. The topological polar surface area (TPSA) is 67.8 Å². The summed E-state index contributed by atoms with van der Waals surface area (Å²) in [6.45, 7) is 10.0. The molecule has 142 valence electrons. The van der Waals surface area contributed by atoms with E-state index in [0.29, 0.717) is 19.0 Å². The first-order valence-electron chi connectivity index (χ1n) is 8.89. The summed E-state index contributed by atoms with van der Waals surface area (Å²) in [6, 6.07) is 3.90. The number of pyridine rings is 1. The normalized spacial score (nSPS) is 20.0. The highest BCUT2D eigenvalue weighted by Crippen LogP contribution is 2.23. The van der Waals surface area contributed by atoms with Gasteiger partial charge >= 0.3 is 0 Å². The first kappa shape index (κ1) is 22.0. The largest absolute Gasteiger partial charge is 0.478 e. The second-order valence-corrected chi connectivity index (χ2v) is 6.30. The van der Waals surface area contributed by atoms with Crippen molar-refractivity contribution in [2.75, 3.05) is 26.3 Å². The van der Waals surface area contributed by atoms with E-state index in [0.717, 1.165) is 50.5 Å². The molecule has 0 aliphatic carbocycles. The number of rotatable bonds is 8. The molecule has 0 radical (unpaired) electrons. The van der Waals surface area contributed by atoms with Crippen LogP contribution in [0.4, 0.5) is 0 Å². The molecule has 0 spiro atoms. The standard InChI is InChI=1S/C18H30N4O2.HI/c1-4-10-23-16-8-7-15(12-20-16)13-21-17(19-5-2)22-14-18(3)9-6-11-24-18;/h7-8,12H,4-6,9-11,13-14H2,1-3H3,(H2,19,21,22);1H. The van der Waals surface area contributed by atoms with Gasteiger partial charge in [0.1, 0.15) is 0 Å². The molecule has 1 unspecified atom stereocenters. The van der Waals surface area contributed by atoms with Gasteiger partial charge in [0, 0.05) is 32.0 Å². The lowest BCUT2D eigenvalue weighted by atomic mass is 10.0. The molecule has 0 saturated carbocycles. The highest BCUT2D eigenvalue weighted by atomic mass is 127. The molecule has 7 heteroatoms. The van der Waals surface area contributed by atoms with Gasteiger partial charge in [-0.2, -0.15) is 0 Å². The van der Waals surface area contributed by atoms with E-state index in [2.05, 4.69) is 41.4 Å². The predicted molar refractivity (Wildman–Crippen MR) is 112 cm³/mol. The maximum absolute atomic E-state index is 5.81. The van der Waals surface area contributed by atoms with Crippen LogP contribution in [0.1, 0.15) is 45.6 Å². The van der Waals surface area contributed by atoms with Crippen molar-refractivity contribution in [1.29, 1.82) is 0 Å². The number of hydrogen-bond acceptors (Lipinski definition) is 4. The SMILES string of the molecule is CCCOc1ccc(CN=C(NCC)NCC2(C)CCCO2)cn1.I. The van der Waals surface area contributed by atoms with Crippen LogP contribution in [-0.2, 0) is 11.3 Å². The zero-order valence-electron chi connectivity index (χ0n) is 15.5. The molecule has 1 aliphatic rings. The van der Waals surface area contributed by atoms with Crippen LogP contribution in [-0.4, -0.2) is 42.8 Å². The van der Waals surface area contributed by atoms with Gasteiger partial charge in [-0.1, -0.05) is 13.0 Å². The lowest BCUT2D eigenvalue weighted by Crippen LogP contribution is -2.45. The third-order valence-electron chi connectivity index (χ3n) is 3.95. The molecule has 1 saturated heterocycles. The third kappa shape index (κ3) is 7.77. The van der Waals surface area contributed by atoms with Crippen molar-refractivity contribution in [3.8, 4) is 5.88 Å². The van der Waals surface area contributed by atoms with Gasteiger partial charge in [0.15, 0.2) is 5.96 Å². The predicted octanol–water partition coefficient (Wildman–Crippen LogP) is 3.11. The quantitative estimate of drug-likeness (QED) is 0.353. The molecule has 0 bridgehead atoms. The summed E-state index contributed by atoms with van der Waals surface area (Å²) in [5, 5.41) is 6.65. The second-order valence-electron chi connectivity index (χ2n) is 6.30. The number of halogens is 1. The van der Waals surface area contributed by atoms with Crippen LogP contribution in [0.3, 0.4) is 0 Å². The third-order valence-corrected chi connectivity index (χ3v) is 3.95. The Morgan fingerprint density at radius 3 is 2.80 bits per heavy atom. The van der Waals surface area contributed by atoms with Crippen LogP contribution < -0.4 is 15.4 Å². The maximum atomic E-state index is 5.81. The average Bonchev–Trinajstić information content (AvgIpc) is 3.03. The number of aliphatic imine (C=N–C) groups is 1. The molecule has 1 fully saturated rings. The van der Waals surface area contributed by atoms with Crippen molar-refractivity contribution in [1.82, 2.24) is 15.6 Å². The zero-order chi connectivity index (χ0) is 17.3. The Hall–Kier alpha value is -1.09. The van der Waals surface area contributed by atoms with E-state index < -0.39 is 0 Å². The Balaban J connectivity index is 0.00000312. The molecule has 6 nitrogen and oxygen atoms in total. The van der Waals surface area contributed by atoms with Crippen molar-refractivity contribution in [3.05, 3.63) is 23.9 Å². The van der Waals surface area contributed by atoms with E-state index in [1.807, 2.05) is 18.3 Å². The number of guanidine groups is 1. The summed E-state index contributed by atoms with van der Waals surface area (Å²) in [4.78, 5) is 8.93. The minimum Gasteiger partial charge on any atom is -0.478 e. The Bertz CT molecular complexity index is 516. The number of ether oxygens (including phenoxy) is 2. The molecule has 1 atom stereocenters. The highest BCUT2D eigenvalue weighted by Gasteiger charge is 2.29. The molecule has 1 aromatic rings. The zero-order valence-corrected chi connectivity index (χ0v) is 17.8. The van der Waals surface area contributed by atoms with E-state index in [-0.39, 0.29) is 29.6 Å². The molecule has 2 N–H and O–H groups in total. The molecule has 25 heavy (non-hydrogen) atoms. The highest BCUT2D eigenvalue weighted by molar-refractivity contribution is 14.0. The van der Waals surface area contributed by atoms with E-state index in [9.17, 15) is 0 Å². The fourth-order valence-electron chi connectivity index (χ4n) is 2.56. The lowest BCUT2D eigenvalue weighted by Gasteiger charge is -2.24. The summed E-state index contributed by atoms with van der Waals surface area (Å²) in [6.07, 6.45) is 5.01. The first-order chi connectivity index (χ1) is 11.6. The molecule has 0 amide bonds. The van der Waals surface area contributed by atoms with Crippen molar-refractivity contribution in [2.45, 2.75) is 52.2 Å². The minimum atomic E-state index is -0.0873. The van der Waals surface area contributed by atoms with Gasteiger partial charge in [-0.3, -0.25) is 0 Å². The molecule has 0 aromatic carbocycles. The summed E-state index contributed by atoms with van der Waals surface area (Å²) < 4.78 is 11.3. The van der Waals surface area contributed by atoms with Gasteiger partial charge in [0.05, 0.1) is 18.8 Å². The van der Waals surface area contributed by atoms with Crippen LogP contribution in [0.25, 0.3) is 0 Å². The average molecular weight is 462 g/mol. The van der Waals surface area contributed by atoms with E-state index >= 15 is 0 Å². The number of aromatic nitrogens is 1. The number of nitrogens with one attached hydrogen (secondary N) is 2. The van der Waals surface area contributed by atoms with Crippen molar-refractivity contribution in [3.63, 3.8) is 0 Å². The number of hydrogen-bond donors (Lipinski definition) is 2. The van der Waals surface area contributed by atoms with Gasteiger partial charge in [0.25, 0.3) is 0 Å². The van der Waals surface area contributed by atoms with E-state index in [1.54, 1.807) is 0 Å². The van der Waals surface area contributed by atoms with E-state index in [4.69, 9.17) is 9.47 Å².